The smallest absolute Gasteiger partial charge is 0.408 e. The second kappa shape index (κ2) is 6.85. The average Bonchev–Trinajstić information content (AvgIpc) is 2.33. The van der Waals surface area contributed by atoms with Crippen molar-refractivity contribution in [2.75, 3.05) is 11.9 Å². The summed E-state index contributed by atoms with van der Waals surface area (Å²) in [6.07, 6.45) is -0.482. The third kappa shape index (κ3) is 6.54. The van der Waals surface area contributed by atoms with E-state index in [4.69, 9.17) is 4.74 Å². The molecule has 1 amide bonds. The number of nitro benzene ring substituents is 1. The quantitative estimate of drug-likeness (QED) is 0.637. The van der Waals surface area contributed by atoms with Crippen molar-refractivity contribution in [2.45, 2.75) is 52.7 Å². The first-order valence-corrected chi connectivity index (χ1v) is 7.40. The summed E-state index contributed by atoms with van der Waals surface area (Å²) in [6, 6.07) is 4.62. The van der Waals surface area contributed by atoms with Gasteiger partial charge in [-0.25, -0.2) is 4.79 Å². The summed E-state index contributed by atoms with van der Waals surface area (Å²) in [4.78, 5) is 22.2. The van der Waals surface area contributed by atoms with Gasteiger partial charge in [-0.2, -0.15) is 0 Å². The van der Waals surface area contributed by atoms with Gasteiger partial charge in [-0.15, -0.1) is 0 Å². The molecule has 2 N–H and O–H groups in total. The number of carbonyl (C=O) groups excluding carboxylic acids is 1. The topological polar surface area (TPSA) is 93.5 Å². The van der Waals surface area contributed by atoms with Crippen LogP contribution in [0.25, 0.3) is 0 Å². The number of non-ortho nitro benzene ring substituents is 1. The number of ether oxygens (including phenoxy) is 1. The number of amides is 1. The van der Waals surface area contributed by atoms with E-state index in [2.05, 4.69) is 10.6 Å². The molecule has 128 valence electrons. The summed E-state index contributed by atoms with van der Waals surface area (Å²) in [5.41, 5.74) is 0.514. The van der Waals surface area contributed by atoms with Gasteiger partial charge in [0.2, 0.25) is 0 Å². The van der Waals surface area contributed by atoms with Gasteiger partial charge in [-0.1, -0.05) is 0 Å². The van der Waals surface area contributed by atoms with Gasteiger partial charge in [0.15, 0.2) is 0 Å². The minimum atomic E-state index is -0.553. The molecule has 0 saturated carbocycles. The number of benzene rings is 1. The lowest BCUT2D eigenvalue weighted by molar-refractivity contribution is -0.384. The molecule has 0 unspecified atom stereocenters. The van der Waals surface area contributed by atoms with E-state index in [1.54, 1.807) is 33.8 Å². The molecule has 0 aliphatic rings. The van der Waals surface area contributed by atoms with Crippen molar-refractivity contribution < 1.29 is 14.5 Å². The predicted molar refractivity (Wildman–Crippen MR) is 89.8 cm³/mol. The largest absolute Gasteiger partial charge is 0.444 e. The monoisotopic (exact) mass is 323 g/mol. The summed E-state index contributed by atoms with van der Waals surface area (Å²) in [7, 11) is 0. The van der Waals surface area contributed by atoms with Gasteiger partial charge in [0.25, 0.3) is 5.69 Å². The molecule has 1 rings (SSSR count). The summed E-state index contributed by atoms with van der Waals surface area (Å²) in [5, 5.41) is 16.7. The fourth-order valence-electron chi connectivity index (χ4n) is 1.90. The molecule has 0 aliphatic heterocycles. The highest BCUT2D eigenvalue weighted by Crippen LogP contribution is 2.21. The summed E-state index contributed by atoms with van der Waals surface area (Å²) < 4.78 is 5.24. The van der Waals surface area contributed by atoms with E-state index in [9.17, 15) is 14.9 Å². The minimum Gasteiger partial charge on any atom is -0.444 e. The van der Waals surface area contributed by atoms with E-state index in [1.165, 1.54) is 12.1 Å². The van der Waals surface area contributed by atoms with Gasteiger partial charge in [0, 0.05) is 24.4 Å². The lowest BCUT2D eigenvalue weighted by atomic mass is 10.1. The maximum absolute atomic E-state index is 11.8. The second-order valence-electron chi connectivity index (χ2n) is 7.12. The van der Waals surface area contributed by atoms with Crippen LogP contribution in [0.5, 0.6) is 0 Å². The van der Waals surface area contributed by atoms with Crippen molar-refractivity contribution >= 4 is 17.5 Å². The Hall–Kier alpha value is -2.31. The van der Waals surface area contributed by atoms with Gasteiger partial charge in [0.05, 0.1) is 10.5 Å². The standard InChI is InChI=1S/C16H25N3O4/c1-11-9-12(19(21)22)7-8-13(11)17-10-16(5,6)18-14(20)23-15(2,3)4/h7-9,17H,10H2,1-6H3,(H,18,20). The molecule has 0 fully saturated rings. The molecular weight excluding hydrogens is 298 g/mol. The van der Waals surface area contributed by atoms with Gasteiger partial charge >= 0.3 is 6.09 Å². The zero-order valence-electron chi connectivity index (χ0n) is 14.5. The molecule has 7 heteroatoms. The zero-order valence-corrected chi connectivity index (χ0v) is 14.5. The molecule has 1 aromatic rings. The molecule has 0 aliphatic carbocycles. The number of hydrogen-bond acceptors (Lipinski definition) is 5. The van der Waals surface area contributed by atoms with E-state index in [1.807, 2.05) is 13.8 Å². The lowest BCUT2D eigenvalue weighted by Gasteiger charge is -2.29. The van der Waals surface area contributed by atoms with Crippen LogP contribution >= 0.6 is 0 Å². The Morgan fingerprint density at radius 2 is 1.87 bits per heavy atom. The van der Waals surface area contributed by atoms with E-state index in [-0.39, 0.29) is 5.69 Å². The van der Waals surface area contributed by atoms with E-state index in [0.717, 1.165) is 11.3 Å². The van der Waals surface area contributed by atoms with Gasteiger partial charge < -0.3 is 15.4 Å². The third-order valence-electron chi connectivity index (χ3n) is 2.98. The maximum Gasteiger partial charge on any atom is 0.408 e. The lowest BCUT2D eigenvalue weighted by Crippen LogP contribution is -2.50. The molecule has 23 heavy (non-hydrogen) atoms. The molecule has 0 atom stereocenters. The van der Waals surface area contributed by atoms with Crippen molar-refractivity contribution in [3.8, 4) is 0 Å². The molecule has 0 radical (unpaired) electrons. The van der Waals surface area contributed by atoms with Crippen LogP contribution in [0, 0.1) is 17.0 Å². The number of carbonyl (C=O) groups is 1. The zero-order chi connectivity index (χ0) is 17.8. The predicted octanol–water partition coefficient (Wildman–Crippen LogP) is 3.62. The number of hydrogen-bond donors (Lipinski definition) is 2. The average molecular weight is 323 g/mol. The highest BCUT2D eigenvalue weighted by molar-refractivity contribution is 5.69. The van der Waals surface area contributed by atoms with E-state index >= 15 is 0 Å². The van der Waals surface area contributed by atoms with Crippen LogP contribution in [0.4, 0.5) is 16.2 Å². The Balaban J connectivity index is 2.65. The van der Waals surface area contributed by atoms with Crippen LogP contribution in [-0.4, -0.2) is 28.7 Å². The number of alkyl carbamates (subject to hydrolysis) is 1. The molecule has 0 saturated heterocycles. The van der Waals surface area contributed by atoms with Crippen molar-refractivity contribution in [2.24, 2.45) is 0 Å². The third-order valence-corrected chi connectivity index (χ3v) is 2.98. The second-order valence-corrected chi connectivity index (χ2v) is 7.12. The number of nitrogens with one attached hydrogen (secondary N) is 2. The molecule has 0 spiro atoms. The molecular formula is C16H25N3O4. The maximum atomic E-state index is 11.8. The number of aryl methyl sites for hydroxylation is 1. The SMILES string of the molecule is Cc1cc([N+](=O)[O-])ccc1NCC(C)(C)NC(=O)OC(C)(C)C. The Labute approximate surface area is 136 Å². The molecule has 7 nitrogen and oxygen atoms in total. The molecule has 0 heterocycles. The van der Waals surface area contributed by atoms with Gasteiger partial charge in [-0.05, 0) is 53.2 Å². The summed E-state index contributed by atoms with van der Waals surface area (Å²) in [5.74, 6) is 0. The van der Waals surface area contributed by atoms with E-state index < -0.39 is 22.2 Å². The van der Waals surface area contributed by atoms with Crippen molar-refractivity contribution in [3.63, 3.8) is 0 Å². The Kier molecular flexibility index (Phi) is 5.58. The Bertz CT molecular complexity index is 591. The number of anilines is 1. The van der Waals surface area contributed by atoms with E-state index in [0.29, 0.717) is 6.54 Å². The van der Waals surface area contributed by atoms with Crippen molar-refractivity contribution in [1.82, 2.24) is 5.32 Å². The van der Waals surface area contributed by atoms with Crippen LogP contribution in [0.2, 0.25) is 0 Å². The van der Waals surface area contributed by atoms with Crippen LogP contribution in [-0.2, 0) is 4.74 Å². The van der Waals surface area contributed by atoms with Crippen LogP contribution < -0.4 is 10.6 Å². The fraction of sp³-hybridized carbons (Fsp3) is 0.562. The first-order valence-electron chi connectivity index (χ1n) is 7.40. The first kappa shape index (κ1) is 18.7. The van der Waals surface area contributed by atoms with Crippen LogP contribution in [0.1, 0.15) is 40.2 Å². The highest BCUT2D eigenvalue weighted by Gasteiger charge is 2.24. The van der Waals surface area contributed by atoms with Gasteiger partial charge in [-0.3, -0.25) is 10.1 Å². The number of nitro groups is 1. The van der Waals surface area contributed by atoms with Crippen molar-refractivity contribution in [1.29, 1.82) is 0 Å². The normalized spacial score (nSPS) is 11.7. The summed E-state index contributed by atoms with van der Waals surface area (Å²) in [6.45, 7) is 11.4. The Morgan fingerprint density at radius 1 is 1.26 bits per heavy atom. The Morgan fingerprint density at radius 3 is 2.35 bits per heavy atom. The highest BCUT2D eigenvalue weighted by atomic mass is 16.6. The first-order chi connectivity index (χ1) is 10.4. The molecule has 0 bridgehead atoms. The fourth-order valence-corrected chi connectivity index (χ4v) is 1.90. The molecule has 1 aromatic carbocycles. The molecule has 0 aromatic heterocycles. The van der Waals surface area contributed by atoms with Crippen LogP contribution in [0.3, 0.4) is 0 Å². The van der Waals surface area contributed by atoms with Crippen molar-refractivity contribution in [3.05, 3.63) is 33.9 Å². The number of nitrogens with zero attached hydrogens (tertiary/aromatic N) is 1. The van der Waals surface area contributed by atoms with Gasteiger partial charge in [0.1, 0.15) is 5.60 Å². The minimum absolute atomic E-state index is 0.0548. The van der Waals surface area contributed by atoms with Crippen LogP contribution in [0.15, 0.2) is 18.2 Å². The summed E-state index contributed by atoms with van der Waals surface area (Å²) >= 11 is 0. The number of rotatable bonds is 5.